The molecule has 0 unspecified atom stereocenters. The van der Waals surface area contributed by atoms with E-state index in [1.807, 2.05) is 24.3 Å². The average Bonchev–Trinajstić information content (AvgIpc) is 3.54. The van der Waals surface area contributed by atoms with E-state index in [1.165, 1.54) is 0 Å². The molecule has 3 atom stereocenters. The molecule has 2 amide bonds. The van der Waals surface area contributed by atoms with Gasteiger partial charge in [-0.1, -0.05) is 19.3 Å². The highest BCUT2D eigenvalue weighted by Gasteiger charge is 2.49. The van der Waals surface area contributed by atoms with Gasteiger partial charge in [0.2, 0.25) is 5.91 Å². The number of anilines is 1. The van der Waals surface area contributed by atoms with Crippen molar-refractivity contribution in [2.45, 2.75) is 56.7 Å². The first-order valence-corrected chi connectivity index (χ1v) is 13.9. The van der Waals surface area contributed by atoms with E-state index in [0.29, 0.717) is 18.5 Å². The van der Waals surface area contributed by atoms with Gasteiger partial charge in [0.1, 0.15) is 18.7 Å². The van der Waals surface area contributed by atoms with E-state index < -0.39 is 12.1 Å². The molecule has 1 N–H and O–H groups in total. The lowest BCUT2D eigenvalue weighted by Crippen LogP contribution is -2.55. The molecule has 3 heterocycles. The number of nitrogens with one attached hydrogen (secondary N) is 1. The molecule has 0 bridgehead atoms. The van der Waals surface area contributed by atoms with Crippen LogP contribution >= 0.6 is 0 Å². The van der Waals surface area contributed by atoms with Crippen molar-refractivity contribution in [1.29, 1.82) is 0 Å². The Kier molecular flexibility index (Phi) is 8.42. The molecule has 9 nitrogen and oxygen atoms in total. The van der Waals surface area contributed by atoms with Crippen molar-refractivity contribution in [2.75, 3.05) is 64.5 Å². The SMILES string of the molecule is COCCN1CCN(c2ccc(C(=O)N[C@H](C(=O)N3CC[C@H]4OCC(=O)[C@@H]43)C3CCCCC3)cc2)CC1. The number of methoxy groups -OCH3 is 1. The molecule has 4 aliphatic rings. The van der Waals surface area contributed by atoms with E-state index in [2.05, 4.69) is 15.1 Å². The highest BCUT2D eigenvalue weighted by Crippen LogP contribution is 2.32. The van der Waals surface area contributed by atoms with Crippen molar-refractivity contribution in [1.82, 2.24) is 15.1 Å². The molecule has 1 aromatic carbocycles. The summed E-state index contributed by atoms with van der Waals surface area (Å²) in [6, 6.07) is 6.59. The van der Waals surface area contributed by atoms with Gasteiger partial charge in [0, 0.05) is 57.6 Å². The monoisotopic (exact) mass is 512 g/mol. The summed E-state index contributed by atoms with van der Waals surface area (Å²) < 4.78 is 10.8. The van der Waals surface area contributed by atoms with Crippen molar-refractivity contribution < 1.29 is 23.9 Å². The van der Waals surface area contributed by atoms with Gasteiger partial charge in [0.25, 0.3) is 5.91 Å². The number of fused-ring (bicyclic) bond motifs is 1. The summed E-state index contributed by atoms with van der Waals surface area (Å²) in [6.07, 6.45) is 5.59. The minimum atomic E-state index is -0.611. The van der Waals surface area contributed by atoms with E-state index in [-0.39, 0.29) is 36.2 Å². The molecule has 5 rings (SSSR count). The quantitative estimate of drug-likeness (QED) is 0.567. The molecule has 202 valence electrons. The highest BCUT2D eigenvalue weighted by molar-refractivity contribution is 5.99. The predicted octanol–water partition coefficient (Wildman–Crippen LogP) is 1.70. The summed E-state index contributed by atoms with van der Waals surface area (Å²) in [5, 5.41) is 3.08. The molecular weight excluding hydrogens is 472 g/mol. The Bertz CT molecular complexity index is 956. The van der Waals surface area contributed by atoms with Gasteiger partial charge in [0.05, 0.1) is 12.7 Å². The summed E-state index contributed by atoms with van der Waals surface area (Å²) >= 11 is 0. The van der Waals surface area contributed by atoms with Crippen LogP contribution in [0.15, 0.2) is 24.3 Å². The van der Waals surface area contributed by atoms with Gasteiger partial charge >= 0.3 is 0 Å². The Hall–Kier alpha value is -2.49. The summed E-state index contributed by atoms with van der Waals surface area (Å²) in [5.74, 6) is -0.297. The summed E-state index contributed by atoms with van der Waals surface area (Å²) in [5.41, 5.74) is 1.65. The molecule has 3 saturated heterocycles. The summed E-state index contributed by atoms with van der Waals surface area (Å²) in [6.45, 7) is 6.13. The maximum Gasteiger partial charge on any atom is 0.251 e. The van der Waals surface area contributed by atoms with Crippen LogP contribution in [0.2, 0.25) is 0 Å². The lowest BCUT2D eigenvalue weighted by Gasteiger charge is -2.36. The molecule has 4 fully saturated rings. The lowest BCUT2D eigenvalue weighted by atomic mass is 9.83. The zero-order valence-electron chi connectivity index (χ0n) is 21.9. The Morgan fingerprint density at radius 2 is 1.76 bits per heavy atom. The minimum Gasteiger partial charge on any atom is -0.383 e. The molecule has 37 heavy (non-hydrogen) atoms. The maximum absolute atomic E-state index is 13.7. The second-order valence-electron chi connectivity index (χ2n) is 10.8. The number of nitrogens with zero attached hydrogens (tertiary/aromatic N) is 3. The summed E-state index contributed by atoms with van der Waals surface area (Å²) in [7, 11) is 1.73. The van der Waals surface area contributed by atoms with Crippen LogP contribution in [0.25, 0.3) is 0 Å². The van der Waals surface area contributed by atoms with Crippen LogP contribution in [-0.2, 0) is 19.1 Å². The Morgan fingerprint density at radius 3 is 2.46 bits per heavy atom. The number of rotatable bonds is 8. The van der Waals surface area contributed by atoms with Crippen LogP contribution in [0.1, 0.15) is 48.9 Å². The zero-order chi connectivity index (χ0) is 25.8. The molecule has 3 aliphatic heterocycles. The second kappa shape index (κ2) is 11.9. The van der Waals surface area contributed by atoms with Gasteiger partial charge in [-0.15, -0.1) is 0 Å². The number of carbonyl (C=O) groups excluding carboxylic acids is 3. The van der Waals surface area contributed by atoms with Crippen LogP contribution < -0.4 is 10.2 Å². The Labute approximate surface area is 219 Å². The maximum atomic E-state index is 13.7. The van der Waals surface area contributed by atoms with Gasteiger partial charge < -0.3 is 24.6 Å². The number of Topliss-reactive ketones (excluding diaryl/α,β-unsaturated/α-hetero) is 1. The van der Waals surface area contributed by atoms with Gasteiger partial charge in [0.15, 0.2) is 5.78 Å². The molecule has 1 saturated carbocycles. The fraction of sp³-hybridized carbons (Fsp3) is 0.679. The number of ether oxygens (including phenoxy) is 2. The molecule has 0 spiro atoms. The second-order valence-corrected chi connectivity index (χ2v) is 10.8. The molecule has 0 aromatic heterocycles. The van der Waals surface area contributed by atoms with Crippen molar-refractivity contribution in [2.24, 2.45) is 5.92 Å². The average molecular weight is 513 g/mol. The van der Waals surface area contributed by atoms with Gasteiger partial charge in [-0.25, -0.2) is 0 Å². The van der Waals surface area contributed by atoms with Gasteiger partial charge in [-0.2, -0.15) is 0 Å². The van der Waals surface area contributed by atoms with E-state index >= 15 is 0 Å². The minimum absolute atomic E-state index is 0.0281. The van der Waals surface area contributed by atoms with Gasteiger partial charge in [-0.3, -0.25) is 19.3 Å². The number of piperazine rings is 1. The number of benzene rings is 1. The van der Waals surface area contributed by atoms with Crippen molar-refractivity contribution in [3.8, 4) is 0 Å². The van der Waals surface area contributed by atoms with Crippen LogP contribution in [-0.4, -0.2) is 105 Å². The van der Waals surface area contributed by atoms with Crippen LogP contribution in [0.3, 0.4) is 0 Å². The third kappa shape index (κ3) is 5.84. The molecule has 0 radical (unpaired) electrons. The van der Waals surface area contributed by atoms with E-state index in [0.717, 1.165) is 77.1 Å². The number of hydrogen-bond acceptors (Lipinski definition) is 7. The molecule has 1 aliphatic carbocycles. The Balaban J connectivity index is 1.24. The number of hydrogen-bond donors (Lipinski definition) is 1. The van der Waals surface area contributed by atoms with Crippen molar-refractivity contribution in [3.63, 3.8) is 0 Å². The fourth-order valence-corrected chi connectivity index (χ4v) is 6.37. The van der Waals surface area contributed by atoms with E-state index in [1.54, 1.807) is 12.0 Å². The first-order chi connectivity index (χ1) is 18.0. The standard InChI is InChI=1S/C28H40N4O5/c1-36-18-17-30-13-15-31(16-14-30)22-9-7-21(8-10-22)27(34)29-25(20-5-3-2-4-6-20)28(35)32-12-11-24-26(32)23(33)19-37-24/h7-10,20,24-26H,2-6,11-19H2,1H3,(H,29,34)/t24-,25+,26+/m1/s1. The van der Waals surface area contributed by atoms with Crippen LogP contribution in [0.5, 0.6) is 0 Å². The molecular formula is C28H40N4O5. The van der Waals surface area contributed by atoms with Crippen molar-refractivity contribution >= 4 is 23.3 Å². The fourth-order valence-electron chi connectivity index (χ4n) is 6.37. The normalized spacial score (nSPS) is 25.8. The smallest absolute Gasteiger partial charge is 0.251 e. The van der Waals surface area contributed by atoms with Gasteiger partial charge in [-0.05, 0) is 49.4 Å². The summed E-state index contributed by atoms with van der Waals surface area (Å²) in [4.78, 5) is 45.9. The Morgan fingerprint density at radius 1 is 1.03 bits per heavy atom. The highest BCUT2D eigenvalue weighted by atomic mass is 16.5. The lowest BCUT2D eigenvalue weighted by molar-refractivity contribution is -0.139. The number of ketones is 1. The first kappa shape index (κ1) is 26.1. The molecule has 1 aromatic rings. The molecule has 9 heteroatoms. The third-order valence-corrected chi connectivity index (χ3v) is 8.55. The topological polar surface area (TPSA) is 91.4 Å². The first-order valence-electron chi connectivity index (χ1n) is 13.9. The predicted molar refractivity (Wildman–Crippen MR) is 140 cm³/mol. The van der Waals surface area contributed by atoms with E-state index in [9.17, 15) is 14.4 Å². The van der Waals surface area contributed by atoms with E-state index in [4.69, 9.17) is 9.47 Å². The number of carbonyl (C=O) groups is 3. The number of amides is 2. The van der Waals surface area contributed by atoms with Crippen molar-refractivity contribution in [3.05, 3.63) is 29.8 Å². The zero-order valence-corrected chi connectivity index (χ0v) is 21.9. The van der Waals surface area contributed by atoms with Crippen LogP contribution in [0, 0.1) is 5.92 Å². The third-order valence-electron chi connectivity index (χ3n) is 8.55. The largest absolute Gasteiger partial charge is 0.383 e. The number of likely N-dealkylation sites (tertiary alicyclic amines) is 1. The van der Waals surface area contributed by atoms with Crippen LogP contribution in [0.4, 0.5) is 5.69 Å².